The van der Waals surface area contributed by atoms with Crippen molar-refractivity contribution in [2.45, 2.75) is 44.2 Å². The summed E-state index contributed by atoms with van der Waals surface area (Å²) in [7, 11) is 0. The van der Waals surface area contributed by atoms with E-state index in [0.717, 1.165) is 12.0 Å². The summed E-state index contributed by atoms with van der Waals surface area (Å²) in [5.74, 6) is -3.16. The van der Waals surface area contributed by atoms with E-state index in [0.29, 0.717) is 30.9 Å². The Kier molecular flexibility index (Phi) is 12.8. The van der Waals surface area contributed by atoms with Gasteiger partial charge in [-0.15, -0.1) is 0 Å². The van der Waals surface area contributed by atoms with Gasteiger partial charge in [-0.1, -0.05) is 12.1 Å². The van der Waals surface area contributed by atoms with Crippen LogP contribution in [0.2, 0.25) is 0 Å². The predicted molar refractivity (Wildman–Crippen MR) is 115 cm³/mol. The molecule has 3 rings (SSSR count). The number of aromatic nitrogens is 2. The fourth-order valence-corrected chi connectivity index (χ4v) is 3.53. The van der Waals surface area contributed by atoms with Crippen LogP contribution in [-0.2, 0) is 16.0 Å². The molecule has 14 heteroatoms. The standard InChI is InChI=1S/C21H26N6O6.2Na/c22-21-26-17-16(19(31)27-21)24-13(9-10-23-17)6-3-11-1-4-12(5-2-11)18(30)25-14(20(32)33)7-8-15(28)29;;/h1-2,4-5,13-14,24H,3,6-10H2,(H,25,30)(H,28,29)(H,32,33)(H4,22,23,26,27,31);;/q;2*+1/p-2/t13?,14-;;/m0../s1. The molecule has 0 bridgehead atoms. The van der Waals surface area contributed by atoms with Crippen molar-refractivity contribution in [3.8, 4) is 0 Å². The Balaban J connectivity index is 0.00000306. The van der Waals surface area contributed by atoms with Crippen molar-refractivity contribution < 1.29 is 83.7 Å². The number of aromatic amines is 1. The number of aliphatic carboxylic acids is 2. The normalized spacial score (nSPS) is 14.9. The van der Waals surface area contributed by atoms with Gasteiger partial charge in [-0.25, -0.2) is 0 Å². The minimum atomic E-state index is -1.56. The maximum atomic E-state index is 12.3. The number of nitrogens with one attached hydrogen (secondary N) is 4. The van der Waals surface area contributed by atoms with Crippen LogP contribution >= 0.6 is 0 Å². The largest absolute Gasteiger partial charge is 1.00 e. The molecule has 0 fully saturated rings. The van der Waals surface area contributed by atoms with Crippen LogP contribution < -0.4 is 96.6 Å². The maximum Gasteiger partial charge on any atom is 1.00 e. The second kappa shape index (κ2) is 14.5. The van der Waals surface area contributed by atoms with E-state index in [4.69, 9.17) is 5.73 Å². The van der Waals surface area contributed by atoms with Crippen LogP contribution in [0.1, 0.15) is 41.6 Å². The molecular formula is C21H24N6Na2O6. The van der Waals surface area contributed by atoms with Crippen molar-refractivity contribution >= 4 is 35.3 Å². The van der Waals surface area contributed by atoms with Gasteiger partial charge in [-0.05, 0) is 49.8 Å². The molecule has 0 saturated carbocycles. The second-order valence-corrected chi connectivity index (χ2v) is 7.72. The molecule has 1 aliphatic heterocycles. The van der Waals surface area contributed by atoms with E-state index >= 15 is 0 Å². The average molecular weight is 502 g/mol. The Morgan fingerprint density at radius 3 is 2.49 bits per heavy atom. The summed E-state index contributed by atoms with van der Waals surface area (Å²) in [6.45, 7) is 0.622. The number of amides is 1. The quantitative estimate of drug-likeness (QED) is 0.205. The van der Waals surface area contributed by atoms with Crippen LogP contribution in [0.15, 0.2) is 29.1 Å². The first-order chi connectivity index (χ1) is 15.7. The minimum absolute atomic E-state index is 0. The van der Waals surface area contributed by atoms with Gasteiger partial charge in [0.15, 0.2) is 5.82 Å². The van der Waals surface area contributed by atoms with E-state index in [1.165, 1.54) is 0 Å². The van der Waals surface area contributed by atoms with Crippen LogP contribution in [0.3, 0.4) is 0 Å². The van der Waals surface area contributed by atoms with Crippen molar-refractivity contribution in [3.05, 3.63) is 45.7 Å². The number of anilines is 3. The fraction of sp³-hybridized carbons (Fsp3) is 0.381. The fourth-order valence-electron chi connectivity index (χ4n) is 3.53. The zero-order chi connectivity index (χ0) is 24.0. The molecule has 2 aromatic rings. The summed E-state index contributed by atoms with van der Waals surface area (Å²) < 4.78 is 0. The van der Waals surface area contributed by atoms with Gasteiger partial charge in [0.1, 0.15) is 5.69 Å². The number of carbonyl (C=O) groups is 3. The zero-order valence-electron chi connectivity index (χ0n) is 19.7. The molecular weight excluding hydrogens is 478 g/mol. The zero-order valence-corrected chi connectivity index (χ0v) is 23.7. The van der Waals surface area contributed by atoms with Gasteiger partial charge in [0.05, 0.1) is 12.0 Å². The Hall–Kier alpha value is -2.09. The van der Waals surface area contributed by atoms with Gasteiger partial charge >= 0.3 is 59.1 Å². The van der Waals surface area contributed by atoms with Gasteiger partial charge in [-0.2, -0.15) is 4.98 Å². The number of nitrogens with two attached hydrogens (primary N) is 1. The second-order valence-electron chi connectivity index (χ2n) is 7.72. The van der Waals surface area contributed by atoms with Crippen LogP contribution in [0.5, 0.6) is 0 Å². The van der Waals surface area contributed by atoms with Gasteiger partial charge in [0.2, 0.25) is 5.95 Å². The van der Waals surface area contributed by atoms with E-state index in [9.17, 15) is 29.4 Å². The number of nitrogens with zero attached hydrogens (tertiary/aromatic N) is 1. The van der Waals surface area contributed by atoms with Crippen LogP contribution in [0.25, 0.3) is 0 Å². The number of rotatable bonds is 9. The SMILES string of the molecule is Nc1nc2c(c(=O)[nH]1)NC(CCc1ccc(C(=O)N[C@@H](CCC(=O)[O-])C(=O)[O-])cc1)CCN2.[Na+].[Na+]. The molecule has 176 valence electrons. The summed E-state index contributed by atoms with van der Waals surface area (Å²) in [4.78, 5) is 52.7. The first-order valence-corrected chi connectivity index (χ1v) is 10.4. The van der Waals surface area contributed by atoms with E-state index in [1.807, 2.05) is 0 Å². The number of hydrogen-bond acceptors (Lipinski definition) is 10. The molecule has 1 amide bonds. The molecule has 0 aliphatic carbocycles. The molecule has 1 aromatic carbocycles. The number of aryl methyl sites for hydroxylation is 1. The molecule has 12 nitrogen and oxygen atoms in total. The van der Waals surface area contributed by atoms with Crippen molar-refractivity contribution in [1.82, 2.24) is 15.3 Å². The molecule has 35 heavy (non-hydrogen) atoms. The third-order valence-corrected chi connectivity index (χ3v) is 5.30. The Labute approximate surface area is 245 Å². The van der Waals surface area contributed by atoms with Gasteiger partial charge in [-0.3, -0.25) is 14.6 Å². The number of hydrogen-bond donors (Lipinski definition) is 5. The first-order valence-electron chi connectivity index (χ1n) is 10.4. The van der Waals surface area contributed by atoms with E-state index in [2.05, 4.69) is 25.9 Å². The molecule has 6 N–H and O–H groups in total. The molecule has 0 spiro atoms. The molecule has 1 unspecified atom stereocenters. The number of nitrogen functional groups attached to an aromatic ring is 1. The Morgan fingerprint density at radius 1 is 1.17 bits per heavy atom. The summed E-state index contributed by atoms with van der Waals surface area (Å²) in [6.07, 6.45) is 1.30. The average Bonchev–Trinajstić information content (AvgIpc) is 2.97. The maximum absolute atomic E-state index is 12.3. The van der Waals surface area contributed by atoms with Gasteiger partial charge < -0.3 is 41.5 Å². The van der Waals surface area contributed by atoms with Crippen LogP contribution in [-0.4, -0.2) is 46.4 Å². The summed E-state index contributed by atoms with van der Waals surface area (Å²) in [6, 6.07) is 5.21. The monoisotopic (exact) mass is 502 g/mol. The third kappa shape index (κ3) is 9.13. The molecule has 0 radical (unpaired) electrons. The summed E-state index contributed by atoms with van der Waals surface area (Å²) in [5.41, 5.74) is 6.77. The van der Waals surface area contributed by atoms with Crippen LogP contribution in [0, 0.1) is 0 Å². The summed E-state index contributed by atoms with van der Waals surface area (Å²) in [5, 5.41) is 30.2. The topological polar surface area (TPSA) is 205 Å². The van der Waals surface area contributed by atoms with Gasteiger partial charge in [0.25, 0.3) is 11.5 Å². The molecule has 1 aromatic heterocycles. The number of benzene rings is 1. The number of H-pyrrole nitrogens is 1. The van der Waals surface area contributed by atoms with E-state index in [1.54, 1.807) is 24.3 Å². The van der Waals surface area contributed by atoms with Crippen molar-refractivity contribution in [2.24, 2.45) is 0 Å². The Morgan fingerprint density at radius 2 is 1.86 bits per heavy atom. The van der Waals surface area contributed by atoms with Gasteiger partial charge in [0, 0.05) is 24.1 Å². The predicted octanol–water partition coefficient (Wildman–Crippen LogP) is -8.03. The molecule has 2 heterocycles. The minimum Gasteiger partial charge on any atom is -0.550 e. The molecule has 2 atom stereocenters. The smallest absolute Gasteiger partial charge is 0.550 e. The summed E-state index contributed by atoms with van der Waals surface area (Å²) >= 11 is 0. The number of carbonyl (C=O) groups excluding carboxylic acids is 3. The van der Waals surface area contributed by atoms with Crippen molar-refractivity contribution in [1.29, 1.82) is 0 Å². The molecule has 0 saturated heterocycles. The number of fused-ring (bicyclic) bond motifs is 1. The third-order valence-electron chi connectivity index (χ3n) is 5.30. The number of carboxylic acids is 2. The van der Waals surface area contributed by atoms with Crippen molar-refractivity contribution in [2.75, 3.05) is 22.9 Å². The van der Waals surface area contributed by atoms with E-state index in [-0.39, 0.29) is 88.6 Å². The molecule has 1 aliphatic rings. The van der Waals surface area contributed by atoms with Crippen LogP contribution in [0.4, 0.5) is 17.5 Å². The van der Waals surface area contributed by atoms with Crippen molar-refractivity contribution in [3.63, 3.8) is 0 Å². The first kappa shape index (κ1) is 30.9. The Bertz CT molecular complexity index is 1090. The van der Waals surface area contributed by atoms with E-state index < -0.39 is 30.3 Å². The number of carboxylic acid groups (broad SMARTS) is 2.